The van der Waals surface area contributed by atoms with Gasteiger partial charge < -0.3 is 20.6 Å². The number of aliphatic hydroxyl groups is 1. The summed E-state index contributed by atoms with van der Waals surface area (Å²) in [7, 11) is 0. The highest BCUT2D eigenvalue weighted by Gasteiger charge is 2.03. The van der Waals surface area contributed by atoms with Gasteiger partial charge in [-0.05, 0) is 18.7 Å². The molecule has 5 nitrogen and oxygen atoms in total. The van der Waals surface area contributed by atoms with Gasteiger partial charge in [0.15, 0.2) is 0 Å². The smallest absolute Gasteiger partial charge is 0.323 e. The van der Waals surface area contributed by atoms with Gasteiger partial charge in [-0.2, -0.15) is 0 Å². The number of rotatable bonds is 4. The number of nitrogens with zero attached hydrogens (tertiary/aromatic N) is 1. The lowest BCUT2D eigenvalue weighted by atomic mass is 10.3. The molecule has 0 radical (unpaired) electrons. The Labute approximate surface area is 96.0 Å². The zero-order valence-electron chi connectivity index (χ0n) is 9.59. The van der Waals surface area contributed by atoms with Gasteiger partial charge in [0.2, 0.25) is 0 Å². The molecule has 1 heterocycles. The SMILES string of the molecule is CCCCO.O.O=C(O)CN1C=CC=CC1. The summed E-state index contributed by atoms with van der Waals surface area (Å²) in [6.45, 7) is 3.18. The third-order valence-electron chi connectivity index (χ3n) is 1.73. The first-order valence-corrected chi connectivity index (χ1v) is 5.10. The van der Waals surface area contributed by atoms with Gasteiger partial charge in [-0.15, -0.1) is 0 Å². The van der Waals surface area contributed by atoms with Crippen LogP contribution in [0, 0.1) is 0 Å². The lowest BCUT2D eigenvalue weighted by Gasteiger charge is -2.16. The summed E-state index contributed by atoms with van der Waals surface area (Å²) in [5, 5.41) is 16.4. The molecule has 0 aromatic heterocycles. The van der Waals surface area contributed by atoms with Crippen LogP contribution in [0.5, 0.6) is 0 Å². The van der Waals surface area contributed by atoms with Gasteiger partial charge in [0.25, 0.3) is 0 Å². The third-order valence-corrected chi connectivity index (χ3v) is 1.73. The molecule has 0 bridgehead atoms. The molecule has 0 saturated heterocycles. The molecule has 0 amide bonds. The highest BCUT2D eigenvalue weighted by molar-refractivity contribution is 5.69. The van der Waals surface area contributed by atoms with Crippen LogP contribution in [0.25, 0.3) is 0 Å². The lowest BCUT2D eigenvalue weighted by molar-refractivity contribution is -0.137. The first kappa shape index (κ1) is 17.1. The van der Waals surface area contributed by atoms with E-state index < -0.39 is 5.97 Å². The molecule has 0 aliphatic carbocycles. The van der Waals surface area contributed by atoms with Crippen molar-refractivity contribution in [1.29, 1.82) is 0 Å². The summed E-state index contributed by atoms with van der Waals surface area (Å²) in [5.74, 6) is -0.792. The van der Waals surface area contributed by atoms with Crippen LogP contribution in [0.3, 0.4) is 0 Å². The summed E-state index contributed by atoms with van der Waals surface area (Å²) in [6.07, 6.45) is 9.46. The monoisotopic (exact) mass is 231 g/mol. The van der Waals surface area contributed by atoms with Crippen LogP contribution >= 0.6 is 0 Å². The number of aliphatic hydroxyl groups excluding tert-OH is 1. The van der Waals surface area contributed by atoms with E-state index in [2.05, 4.69) is 6.92 Å². The zero-order chi connectivity index (χ0) is 11.5. The average molecular weight is 231 g/mol. The number of carboxylic acids is 1. The van der Waals surface area contributed by atoms with Crippen molar-refractivity contribution in [1.82, 2.24) is 4.90 Å². The molecule has 0 fully saturated rings. The Hall–Kier alpha value is -1.33. The van der Waals surface area contributed by atoms with Crippen molar-refractivity contribution in [2.45, 2.75) is 19.8 Å². The number of hydrogen-bond donors (Lipinski definition) is 2. The number of aliphatic carboxylic acids is 1. The first-order chi connectivity index (χ1) is 7.20. The summed E-state index contributed by atoms with van der Waals surface area (Å²) < 4.78 is 0. The van der Waals surface area contributed by atoms with Crippen LogP contribution < -0.4 is 0 Å². The Morgan fingerprint density at radius 3 is 2.44 bits per heavy atom. The van der Waals surface area contributed by atoms with E-state index in [9.17, 15) is 4.79 Å². The predicted molar refractivity (Wildman–Crippen MR) is 63.1 cm³/mol. The molecule has 0 unspecified atom stereocenters. The summed E-state index contributed by atoms with van der Waals surface area (Å²) in [4.78, 5) is 11.9. The minimum Gasteiger partial charge on any atom is -0.480 e. The second kappa shape index (κ2) is 11.7. The van der Waals surface area contributed by atoms with E-state index in [-0.39, 0.29) is 12.0 Å². The number of carboxylic acid groups (broad SMARTS) is 1. The Balaban J connectivity index is 0. The molecule has 0 atom stereocenters. The van der Waals surface area contributed by atoms with Crippen molar-refractivity contribution in [2.24, 2.45) is 0 Å². The summed E-state index contributed by atoms with van der Waals surface area (Å²) >= 11 is 0. The Morgan fingerprint density at radius 2 is 2.12 bits per heavy atom. The van der Waals surface area contributed by atoms with Crippen molar-refractivity contribution in [3.63, 3.8) is 0 Å². The topological polar surface area (TPSA) is 92.3 Å². The standard InChI is InChI=1S/C7H9NO2.C4H10O.H2O/c9-7(10)6-8-4-2-1-3-5-8;1-2-3-4-5;/h1-4H,5-6H2,(H,9,10);5H,2-4H2,1H3;1H2. The largest absolute Gasteiger partial charge is 0.480 e. The van der Waals surface area contributed by atoms with Crippen molar-refractivity contribution >= 4 is 5.97 Å². The normalized spacial score (nSPS) is 12.5. The van der Waals surface area contributed by atoms with Gasteiger partial charge in [0.1, 0.15) is 6.54 Å². The van der Waals surface area contributed by atoms with E-state index >= 15 is 0 Å². The van der Waals surface area contributed by atoms with Gasteiger partial charge in [-0.1, -0.05) is 25.5 Å². The molecule has 0 saturated carbocycles. The molecular weight excluding hydrogens is 210 g/mol. The third kappa shape index (κ3) is 10.7. The van der Waals surface area contributed by atoms with E-state index in [1.807, 2.05) is 18.2 Å². The van der Waals surface area contributed by atoms with Gasteiger partial charge >= 0.3 is 5.97 Å². The maximum atomic E-state index is 10.2. The summed E-state index contributed by atoms with van der Waals surface area (Å²) in [6, 6.07) is 0. The van der Waals surface area contributed by atoms with Crippen molar-refractivity contribution in [2.75, 3.05) is 19.7 Å². The van der Waals surface area contributed by atoms with Crippen molar-refractivity contribution in [3.8, 4) is 0 Å². The van der Waals surface area contributed by atoms with Gasteiger partial charge in [-0.25, -0.2) is 0 Å². The van der Waals surface area contributed by atoms with Gasteiger partial charge in [0.05, 0.1) is 0 Å². The Morgan fingerprint density at radius 1 is 1.44 bits per heavy atom. The fourth-order valence-corrected chi connectivity index (χ4v) is 0.956. The maximum absolute atomic E-state index is 10.2. The second-order valence-electron chi connectivity index (χ2n) is 3.17. The minimum absolute atomic E-state index is 0. The van der Waals surface area contributed by atoms with E-state index in [0.717, 1.165) is 12.8 Å². The van der Waals surface area contributed by atoms with Gasteiger partial charge in [-0.3, -0.25) is 4.79 Å². The molecule has 1 aliphatic rings. The second-order valence-corrected chi connectivity index (χ2v) is 3.17. The van der Waals surface area contributed by atoms with Crippen LogP contribution in [0.2, 0.25) is 0 Å². The highest BCUT2D eigenvalue weighted by Crippen LogP contribution is 1.96. The highest BCUT2D eigenvalue weighted by atomic mass is 16.4. The average Bonchev–Trinajstić information content (AvgIpc) is 2.20. The molecule has 1 rings (SSSR count). The fourth-order valence-electron chi connectivity index (χ4n) is 0.956. The lowest BCUT2D eigenvalue weighted by Crippen LogP contribution is -2.25. The number of unbranched alkanes of at least 4 members (excludes halogenated alkanes) is 1. The quantitative estimate of drug-likeness (QED) is 0.733. The molecule has 0 aromatic rings. The molecule has 16 heavy (non-hydrogen) atoms. The van der Waals surface area contributed by atoms with Gasteiger partial charge in [0, 0.05) is 13.2 Å². The summed E-state index contributed by atoms with van der Waals surface area (Å²) in [5.41, 5.74) is 0. The maximum Gasteiger partial charge on any atom is 0.323 e. The fraction of sp³-hybridized carbons (Fsp3) is 0.545. The van der Waals surface area contributed by atoms with Crippen LogP contribution in [0.1, 0.15) is 19.8 Å². The molecule has 4 N–H and O–H groups in total. The molecule has 0 aromatic carbocycles. The van der Waals surface area contributed by atoms with E-state index in [1.165, 1.54) is 0 Å². The van der Waals surface area contributed by atoms with Crippen molar-refractivity contribution in [3.05, 3.63) is 24.4 Å². The van der Waals surface area contributed by atoms with Crippen LogP contribution in [-0.2, 0) is 4.79 Å². The molecular formula is C11H21NO4. The van der Waals surface area contributed by atoms with Crippen LogP contribution in [-0.4, -0.2) is 46.3 Å². The van der Waals surface area contributed by atoms with Crippen LogP contribution in [0.4, 0.5) is 0 Å². The van der Waals surface area contributed by atoms with E-state index in [1.54, 1.807) is 11.1 Å². The molecule has 94 valence electrons. The zero-order valence-corrected chi connectivity index (χ0v) is 9.59. The van der Waals surface area contributed by atoms with Crippen molar-refractivity contribution < 1.29 is 20.5 Å². The minimum atomic E-state index is -0.792. The van der Waals surface area contributed by atoms with E-state index in [0.29, 0.717) is 13.2 Å². The Bertz CT molecular complexity index is 224. The molecule has 1 aliphatic heterocycles. The van der Waals surface area contributed by atoms with Crippen LogP contribution in [0.15, 0.2) is 24.4 Å². The Kier molecular flexibility index (Phi) is 12.5. The number of carbonyl (C=O) groups is 1. The first-order valence-electron chi connectivity index (χ1n) is 5.10. The predicted octanol–water partition coefficient (Wildman–Crippen LogP) is 0.411. The number of allylic oxidation sites excluding steroid dienone is 2. The number of hydrogen-bond acceptors (Lipinski definition) is 3. The molecule has 0 spiro atoms. The van der Waals surface area contributed by atoms with E-state index in [4.69, 9.17) is 10.2 Å². The molecule has 5 heteroatoms.